The van der Waals surface area contributed by atoms with Gasteiger partial charge in [0.25, 0.3) is 0 Å². The molecule has 7 heteroatoms. The van der Waals surface area contributed by atoms with Gasteiger partial charge in [-0.15, -0.1) is 0 Å². The molecule has 144 valence electrons. The summed E-state index contributed by atoms with van der Waals surface area (Å²) in [4.78, 5) is 27.6. The molecule has 3 rings (SSSR count). The molecular formula is C21H19NO6. The molecule has 1 aliphatic heterocycles. The molecule has 1 aliphatic rings. The minimum Gasteiger partial charge on any atom is -0.494 e. The molecule has 28 heavy (non-hydrogen) atoms. The lowest BCUT2D eigenvalue weighted by Crippen LogP contribution is -2.05. The summed E-state index contributed by atoms with van der Waals surface area (Å²) in [5.74, 6) is 0.617. The fourth-order valence-electron chi connectivity index (χ4n) is 2.56. The van der Waals surface area contributed by atoms with E-state index >= 15 is 0 Å². The van der Waals surface area contributed by atoms with E-state index in [-0.39, 0.29) is 11.6 Å². The van der Waals surface area contributed by atoms with E-state index in [1.54, 1.807) is 48.5 Å². The first-order valence-corrected chi connectivity index (χ1v) is 8.62. The normalized spacial score (nSPS) is 14.5. The van der Waals surface area contributed by atoms with Gasteiger partial charge in [-0.2, -0.15) is 0 Å². The predicted octanol–water partition coefficient (Wildman–Crippen LogP) is 3.36. The van der Waals surface area contributed by atoms with Crippen molar-refractivity contribution in [2.45, 2.75) is 13.8 Å². The second-order valence-electron chi connectivity index (χ2n) is 5.80. The first-order valence-electron chi connectivity index (χ1n) is 8.62. The number of esters is 2. The largest absolute Gasteiger partial charge is 0.494 e. The third-order valence-corrected chi connectivity index (χ3v) is 3.78. The van der Waals surface area contributed by atoms with Gasteiger partial charge in [-0.25, -0.2) is 9.79 Å². The number of carbonyl (C=O) groups excluding carboxylic acids is 2. The highest BCUT2D eigenvalue weighted by molar-refractivity contribution is 6.12. The molecule has 0 saturated carbocycles. The zero-order chi connectivity index (χ0) is 20.1. The molecule has 0 bridgehead atoms. The highest BCUT2D eigenvalue weighted by atomic mass is 16.6. The standard InChI is InChI=1S/C21H19NO6/c1-4-26-16-8-6-15(7-9-16)20-22-17(21(24)28-20)11-14-5-10-18(27-13(2)23)19(12-14)25-3/h5-12H,4H2,1-3H3. The summed E-state index contributed by atoms with van der Waals surface area (Å²) in [5, 5.41) is 0. The van der Waals surface area contributed by atoms with Crippen LogP contribution in [0.1, 0.15) is 25.0 Å². The maximum absolute atomic E-state index is 12.2. The van der Waals surface area contributed by atoms with Gasteiger partial charge in [0, 0.05) is 12.5 Å². The summed E-state index contributed by atoms with van der Waals surface area (Å²) < 4.78 is 21.0. The van der Waals surface area contributed by atoms with E-state index in [9.17, 15) is 9.59 Å². The van der Waals surface area contributed by atoms with E-state index < -0.39 is 11.9 Å². The van der Waals surface area contributed by atoms with E-state index in [0.29, 0.717) is 29.2 Å². The summed E-state index contributed by atoms with van der Waals surface area (Å²) in [7, 11) is 1.46. The second kappa shape index (κ2) is 8.39. The van der Waals surface area contributed by atoms with Crippen LogP contribution in [-0.2, 0) is 14.3 Å². The minimum atomic E-state index is -0.549. The number of methoxy groups -OCH3 is 1. The molecule has 0 atom stereocenters. The molecule has 0 aliphatic carbocycles. The SMILES string of the molecule is CCOc1ccc(C2=NC(=Cc3ccc(OC(C)=O)c(OC)c3)C(=O)O2)cc1. The fourth-order valence-corrected chi connectivity index (χ4v) is 2.56. The van der Waals surface area contributed by atoms with Crippen molar-refractivity contribution >= 4 is 23.9 Å². The third-order valence-electron chi connectivity index (χ3n) is 3.78. The van der Waals surface area contributed by atoms with Crippen molar-refractivity contribution in [1.29, 1.82) is 0 Å². The number of ether oxygens (including phenoxy) is 4. The van der Waals surface area contributed by atoms with Gasteiger partial charge in [0.1, 0.15) is 5.75 Å². The Morgan fingerprint density at radius 3 is 2.54 bits per heavy atom. The van der Waals surface area contributed by atoms with Crippen LogP contribution in [-0.4, -0.2) is 31.6 Å². The molecule has 7 nitrogen and oxygen atoms in total. The maximum Gasteiger partial charge on any atom is 0.363 e. The van der Waals surface area contributed by atoms with Gasteiger partial charge in [0.15, 0.2) is 17.2 Å². The summed E-state index contributed by atoms with van der Waals surface area (Å²) in [6, 6.07) is 12.0. The molecule has 1 heterocycles. The molecule has 0 aromatic heterocycles. The van der Waals surface area contributed by atoms with Crippen molar-refractivity contribution in [2.75, 3.05) is 13.7 Å². The van der Waals surface area contributed by atoms with Crippen LogP contribution in [0.15, 0.2) is 53.2 Å². The number of benzene rings is 2. The fraction of sp³-hybridized carbons (Fsp3) is 0.190. The van der Waals surface area contributed by atoms with Crippen molar-refractivity contribution in [3.63, 3.8) is 0 Å². The summed E-state index contributed by atoms with van der Waals surface area (Å²) in [5.41, 5.74) is 1.48. The molecule has 0 spiro atoms. The molecule has 0 fully saturated rings. The van der Waals surface area contributed by atoms with E-state index in [0.717, 1.165) is 5.75 Å². The van der Waals surface area contributed by atoms with E-state index in [2.05, 4.69) is 4.99 Å². The second-order valence-corrected chi connectivity index (χ2v) is 5.80. The van der Waals surface area contributed by atoms with Crippen LogP contribution in [0.3, 0.4) is 0 Å². The quantitative estimate of drug-likeness (QED) is 0.433. The molecule has 0 amide bonds. The average Bonchev–Trinajstić information content (AvgIpc) is 3.04. The Hall–Kier alpha value is -3.61. The van der Waals surface area contributed by atoms with Gasteiger partial charge in [-0.1, -0.05) is 6.07 Å². The minimum absolute atomic E-state index is 0.158. The van der Waals surface area contributed by atoms with Crippen LogP contribution in [0.4, 0.5) is 0 Å². The highest BCUT2D eigenvalue weighted by Gasteiger charge is 2.24. The number of hydrogen-bond acceptors (Lipinski definition) is 7. The monoisotopic (exact) mass is 381 g/mol. The number of nitrogens with zero attached hydrogens (tertiary/aromatic N) is 1. The van der Waals surface area contributed by atoms with Crippen molar-refractivity contribution in [3.8, 4) is 17.2 Å². The zero-order valence-corrected chi connectivity index (χ0v) is 15.7. The van der Waals surface area contributed by atoms with Gasteiger partial charge in [-0.3, -0.25) is 4.79 Å². The Bertz CT molecular complexity index is 959. The topological polar surface area (TPSA) is 83.4 Å². The Kier molecular flexibility index (Phi) is 5.74. The smallest absolute Gasteiger partial charge is 0.363 e. The van der Waals surface area contributed by atoms with Gasteiger partial charge in [0.05, 0.1) is 13.7 Å². The van der Waals surface area contributed by atoms with Gasteiger partial charge in [0.2, 0.25) is 5.90 Å². The molecule has 0 unspecified atom stereocenters. The molecule has 0 N–H and O–H groups in total. The van der Waals surface area contributed by atoms with E-state index in [4.69, 9.17) is 18.9 Å². The van der Waals surface area contributed by atoms with Crippen LogP contribution in [0.2, 0.25) is 0 Å². The Morgan fingerprint density at radius 2 is 1.89 bits per heavy atom. The highest BCUT2D eigenvalue weighted by Crippen LogP contribution is 2.30. The van der Waals surface area contributed by atoms with Crippen molar-refractivity contribution in [3.05, 3.63) is 59.3 Å². The Balaban J connectivity index is 1.85. The molecular weight excluding hydrogens is 362 g/mol. The van der Waals surface area contributed by atoms with Gasteiger partial charge < -0.3 is 18.9 Å². The lowest BCUT2D eigenvalue weighted by molar-refractivity contribution is -0.132. The van der Waals surface area contributed by atoms with Crippen molar-refractivity contribution in [2.24, 2.45) is 4.99 Å². The maximum atomic E-state index is 12.2. The lowest BCUT2D eigenvalue weighted by atomic mass is 10.1. The Labute approximate surface area is 162 Å². The number of rotatable bonds is 6. The first-order chi connectivity index (χ1) is 13.5. The average molecular weight is 381 g/mol. The van der Waals surface area contributed by atoms with Gasteiger partial charge in [-0.05, 0) is 55.0 Å². The van der Waals surface area contributed by atoms with Crippen molar-refractivity contribution < 1.29 is 28.5 Å². The van der Waals surface area contributed by atoms with Crippen molar-refractivity contribution in [1.82, 2.24) is 0 Å². The zero-order valence-electron chi connectivity index (χ0n) is 15.7. The number of cyclic esters (lactones) is 1. The number of aliphatic imine (C=N–C) groups is 1. The third kappa shape index (κ3) is 4.37. The van der Waals surface area contributed by atoms with Crippen LogP contribution in [0.25, 0.3) is 6.08 Å². The number of carbonyl (C=O) groups is 2. The summed E-state index contributed by atoms with van der Waals surface area (Å²) >= 11 is 0. The van der Waals surface area contributed by atoms with E-state index in [1.165, 1.54) is 14.0 Å². The molecule has 2 aromatic rings. The summed E-state index contributed by atoms with van der Waals surface area (Å²) in [6.07, 6.45) is 1.57. The predicted molar refractivity (Wildman–Crippen MR) is 103 cm³/mol. The van der Waals surface area contributed by atoms with Crippen LogP contribution < -0.4 is 14.2 Å². The van der Waals surface area contributed by atoms with Crippen LogP contribution in [0, 0.1) is 0 Å². The lowest BCUT2D eigenvalue weighted by Gasteiger charge is -2.08. The number of hydrogen-bond donors (Lipinski definition) is 0. The first kappa shape index (κ1) is 19.2. The van der Waals surface area contributed by atoms with Gasteiger partial charge >= 0.3 is 11.9 Å². The van der Waals surface area contributed by atoms with Crippen LogP contribution in [0.5, 0.6) is 17.2 Å². The molecule has 0 saturated heterocycles. The van der Waals surface area contributed by atoms with E-state index in [1.807, 2.05) is 6.92 Å². The molecule has 2 aromatic carbocycles. The summed E-state index contributed by atoms with van der Waals surface area (Å²) in [6.45, 7) is 3.78. The molecule has 0 radical (unpaired) electrons. The Morgan fingerprint density at radius 1 is 1.14 bits per heavy atom. The van der Waals surface area contributed by atoms with Crippen LogP contribution >= 0.6 is 0 Å².